The predicted octanol–water partition coefficient (Wildman–Crippen LogP) is 4.03. The maximum absolute atomic E-state index is 11.0. The molecule has 8 heteroatoms. The second-order valence-electron chi connectivity index (χ2n) is 7.86. The largest absolute Gasteiger partial charge is 0.481 e. The van der Waals surface area contributed by atoms with Crippen LogP contribution in [0.5, 0.6) is 5.75 Å². The Hall–Kier alpha value is -3.42. The molecule has 0 amide bonds. The van der Waals surface area contributed by atoms with E-state index in [-0.39, 0.29) is 18.3 Å². The van der Waals surface area contributed by atoms with Crippen LogP contribution < -0.4 is 10.6 Å². The van der Waals surface area contributed by atoms with Crippen LogP contribution in [-0.4, -0.2) is 32.4 Å². The van der Waals surface area contributed by atoms with Gasteiger partial charge in [0.05, 0.1) is 11.9 Å². The predicted molar refractivity (Wildman–Crippen MR) is 115 cm³/mol. The van der Waals surface area contributed by atoms with Gasteiger partial charge in [-0.1, -0.05) is 17.3 Å². The SMILES string of the molecule is C=NOc1cccc(-c2cnn3c(N)c(C)c(C4CCC(CC(=O)O)CC4)nc23)c1. The van der Waals surface area contributed by atoms with Crippen LogP contribution in [-0.2, 0) is 4.79 Å². The van der Waals surface area contributed by atoms with Gasteiger partial charge in [-0.05, 0) is 56.2 Å². The Morgan fingerprint density at radius 3 is 2.83 bits per heavy atom. The molecule has 1 saturated carbocycles. The minimum absolute atomic E-state index is 0.241. The molecule has 1 aliphatic rings. The molecule has 2 aromatic heterocycles. The van der Waals surface area contributed by atoms with Gasteiger partial charge in [0, 0.05) is 30.2 Å². The van der Waals surface area contributed by atoms with Crippen molar-refractivity contribution in [1.82, 2.24) is 14.6 Å². The number of carboxylic acid groups (broad SMARTS) is 1. The molecule has 3 aromatic rings. The Balaban J connectivity index is 1.70. The van der Waals surface area contributed by atoms with E-state index >= 15 is 0 Å². The molecule has 1 fully saturated rings. The number of fused-ring (bicyclic) bond motifs is 1. The third kappa shape index (κ3) is 3.72. The number of nitrogen functional groups attached to an aromatic ring is 1. The minimum Gasteiger partial charge on any atom is -0.481 e. The number of aromatic nitrogens is 3. The van der Waals surface area contributed by atoms with E-state index < -0.39 is 5.97 Å². The zero-order valence-electron chi connectivity index (χ0n) is 16.9. The summed E-state index contributed by atoms with van der Waals surface area (Å²) in [7, 11) is 0. The summed E-state index contributed by atoms with van der Waals surface area (Å²) >= 11 is 0. The molecule has 0 bridgehead atoms. The fourth-order valence-corrected chi connectivity index (χ4v) is 4.40. The molecule has 0 spiro atoms. The topological polar surface area (TPSA) is 115 Å². The number of aliphatic carboxylic acids is 1. The summed E-state index contributed by atoms with van der Waals surface area (Å²) in [6.45, 7) is 5.33. The number of carboxylic acids is 1. The van der Waals surface area contributed by atoms with E-state index in [2.05, 4.69) is 17.0 Å². The molecule has 0 radical (unpaired) electrons. The minimum atomic E-state index is -0.722. The van der Waals surface area contributed by atoms with Gasteiger partial charge < -0.3 is 15.7 Å². The summed E-state index contributed by atoms with van der Waals surface area (Å²) in [5.74, 6) is 0.949. The number of carbonyl (C=O) groups is 1. The lowest BCUT2D eigenvalue weighted by Gasteiger charge is -2.28. The van der Waals surface area contributed by atoms with Crippen LogP contribution in [0.2, 0.25) is 0 Å². The summed E-state index contributed by atoms with van der Waals surface area (Å²) in [4.78, 5) is 21.2. The van der Waals surface area contributed by atoms with E-state index in [1.807, 2.05) is 25.1 Å². The summed E-state index contributed by atoms with van der Waals surface area (Å²) in [5, 5.41) is 17.0. The van der Waals surface area contributed by atoms with Crippen LogP contribution in [0, 0.1) is 12.8 Å². The number of hydrogen-bond acceptors (Lipinski definition) is 6. The third-order valence-electron chi connectivity index (χ3n) is 5.98. The normalized spacial score (nSPS) is 19.0. The van der Waals surface area contributed by atoms with Crippen LogP contribution >= 0.6 is 0 Å². The van der Waals surface area contributed by atoms with Crippen molar-refractivity contribution in [2.75, 3.05) is 5.73 Å². The molecule has 156 valence electrons. The summed E-state index contributed by atoms with van der Waals surface area (Å²) < 4.78 is 1.67. The molecular formula is C22H25N5O3. The van der Waals surface area contributed by atoms with Gasteiger partial charge in [-0.3, -0.25) is 4.79 Å². The van der Waals surface area contributed by atoms with Gasteiger partial charge in [-0.15, -0.1) is 0 Å². The molecular weight excluding hydrogens is 382 g/mol. The van der Waals surface area contributed by atoms with E-state index in [1.165, 1.54) is 0 Å². The highest BCUT2D eigenvalue weighted by atomic mass is 16.6. The molecule has 2 heterocycles. The standard InChI is InChI=1S/C22H25N5O3/c1-13-20(15-8-6-14(7-9-15)10-19(28)29)26-22-18(12-25-27(22)21(13)23)16-4-3-5-17(11-16)30-24-2/h3-5,11-12,14-15H,2,6-10,23H2,1H3,(H,28,29). The lowest BCUT2D eigenvalue weighted by molar-refractivity contribution is -0.138. The van der Waals surface area contributed by atoms with Crippen LogP contribution in [0.3, 0.4) is 0 Å². The van der Waals surface area contributed by atoms with Crippen molar-refractivity contribution in [2.24, 2.45) is 11.1 Å². The second kappa shape index (κ2) is 8.14. The average Bonchev–Trinajstić information content (AvgIpc) is 3.15. The molecule has 3 N–H and O–H groups in total. The van der Waals surface area contributed by atoms with Crippen molar-refractivity contribution in [3.63, 3.8) is 0 Å². The van der Waals surface area contributed by atoms with Gasteiger partial charge in [-0.2, -0.15) is 9.61 Å². The van der Waals surface area contributed by atoms with Gasteiger partial charge in [0.25, 0.3) is 0 Å². The van der Waals surface area contributed by atoms with Gasteiger partial charge >= 0.3 is 5.97 Å². The maximum atomic E-state index is 11.0. The van der Waals surface area contributed by atoms with Crippen molar-refractivity contribution >= 4 is 24.2 Å². The zero-order chi connectivity index (χ0) is 21.3. The third-order valence-corrected chi connectivity index (χ3v) is 5.98. The number of oxime groups is 1. The highest BCUT2D eigenvalue weighted by molar-refractivity contribution is 5.79. The van der Waals surface area contributed by atoms with Gasteiger partial charge in [0.15, 0.2) is 11.4 Å². The highest BCUT2D eigenvalue weighted by Gasteiger charge is 2.27. The van der Waals surface area contributed by atoms with Gasteiger partial charge in [-0.25, -0.2) is 4.98 Å². The molecule has 1 aromatic carbocycles. The van der Waals surface area contributed by atoms with E-state index in [9.17, 15) is 4.79 Å². The Bertz CT molecular complexity index is 1100. The maximum Gasteiger partial charge on any atom is 0.303 e. The number of nitrogens with zero attached hydrogens (tertiary/aromatic N) is 4. The zero-order valence-corrected chi connectivity index (χ0v) is 16.9. The monoisotopic (exact) mass is 407 g/mol. The number of anilines is 1. The Labute approximate surface area is 174 Å². The smallest absolute Gasteiger partial charge is 0.303 e. The summed E-state index contributed by atoms with van der Waals surface area (Å²) in [6.07, 6.45) is 5.61. The van der Waals surface area contributed by atoms with E-state index in [1.54, 1.807) is 16.8 Å². The van der Waals surface area contributed by atoms with Crippen LogP contribution in [0.25, 0.3) is 16.8 Å². The first-order valence-corrected chi connectivity index (χ1v) is 10.1. The Morgan fingerprint density at radius 1 is 1.37 bits per heavy atom. The quantitative estimate of drug-likeness (QED) is 0.471. The van der Waals surface area contributed by atoms with Gasteiger partial charge in [0.1, 0.15) is 5.82 Å². The highest BCUT2D eigenvalue weighted by Crippen LogP contribution is 2.39. The molecule has 1 aliphatic carbocycles. The van der Waals surface area contributed by atoms with E-state index in [0.717, 1.165) is 48.1 Å². The first-order chi connectivity index (χ1) is 14.5. The fraction of sp³-hybridized carbons (Fsp3) is 0.364. The summed E-state index contributed by atoms with van der Waals surface area (Å²) in [6, 6.07) is 7.50. The first kappa shape index (κ1) is 19.9. The molecule has 4 rings (SSSR count). The molecule has 30 heavy (non-hydrogen) atoms. The fourth-order valence-electron chi connectivity index (χ4n) is 4.40. The molecule has 0 unspecified atom stereocenters. The lowest BCUT2D eigenvalue weighted by atomic mass is 9.78. The first-order valence-electron chi connectivity index (χ1n) is 10.1. The molecule has 0 atom stereocenters. The van der Waals surface area contributed by atoms with Crippen molar-refractivity contribution in [1.29, 1.82) is 0 Å². The summed E-state index contributed by atoms with van der Waals surface area (Å²) in [5.41, 5.74) is 10.8. The molecule has 8 nitrogen and oxygen atoms in total. The number of benzene rings is 1. The molecule has 0 saturated heterocycles. The van der Waals surface area contributed by atoms with Crippen LogP contribution in [0.15, 0.2) is 35.6 Å². The Kier molecular flexibility index (Phi) is 5.39. The molecule has 0 aliphatic heterocycles. The number of hydrogen-bond donors (Lipinski definition) is 2. The second-order valence-corrected chi connectivity index (χ2v) is 7.86. The number of rotatable bonds is 6. The van der Waals surface area contributed by atoms with E-state index in [0.29, 0.717) is 17.2 Å². The van der Waals surface area contributed by atoms with Crippen molar-refractivity contribution in [3.05, 3.63) is 41.7 Å². The van der Waals surface area contributed by atoms with Crippen molar-refractivity contribution < 1.29 is 14.7 Å². The number of nitrogens with two attached hydrogens (primary N) is 1. The van der Waals surface area contributed by atoms with E-state index in [4.69, 9.17) is 20.7 Å². The average molecular weight is 407 g/mol. The van der Waals surface area contributed by atoms with Crippen molar-refractivity contribution in [2.45, 2.75) is 44.9 Å². The Morgan fingerprint density at radius 2 is 2.13 bits per heavy atom. The van der Waals surface area contributed by atoms with Crippen LogP contribution in [0.1, 0.15) is 49.3 Å². The van der Waals surface area contributed by atoms with Crippen LogP contribution in [0.4, 0.5) is 5.82 Å². The van der Waals surface area contributed by atoms with Crippen molar-refractivity contribution in [3.8, 4) is 16.9 Å². The lowest BCUT2D eigenvalue weighted by Crippen LogP contribution is -2.19. The van der Waals surface area contributed by atoms with Gasteiger partial charge in [0.2, 0.25) is 0 Å².